The Hall–Kier alpha value is -2.03. The molecule has 1 N–H and O–H groups in total. The van der Waals surface area contributed by atoms with Crippen LogP contribution in [0.5, 0.6) is 5.75 Å². The summed E-state index contributed by atoms with van der Waals surface area (Å²) in [5.74, 6) is 1.87. The molecule has 0 radical (unpaired) electrons. The van der Waals surface area contributed by atoms with E-state index in [4.69, 9.17) is 4.74 Å². The van der Waals surface area contributed by atoms with Crippen LogP contribution in [0.15, 0.2) is 36.4 Å². The Bertz CT molecular complexity index is 610. The first-order valence-corrected chi connectivity index (χ1v) is 7.79. The summed E-state index contributed by atoms with van der Waals surface area (Å²) in [6.07, 6.45) is 4.76. The largest absolute Gasteiger partial charge is 0.487 e. The summed E-state index contributed by atoms with van der Waals surface area (Å²) in [6.45, 7) is 3.61. The van der Waals surface area contributed by atoms with E-state index in [1.165, 1.54) is 30.4 Å². The van der Waals surface area contributed by atoms with E-state index in [1.807, 2.05) is 18.2 Å². The molecule has 0 saturated heterocycles. The number of aromatic nitrogens is 1. The minimum absolute atomic E-state index is 0.514. The predicted octanol–water partition coefficient (Wildman–Crippen LogP) is 3.97. The minimum Gasteiger partial charge on any atom is -0.487 e. The molecule has 1 aliphatic carbocycles. The Kier molecular flexibility index (Phi) is 4.39. The van der Waals surface area contributed by atoms with Crippen molar-refractivity contribution >= 4 is 5.82 Å². The lowest BCUT2D eigenvalue weighted by Gasteiger charge is -2.09. The van der Waals surface area contributed by atoms with Crippen LogP contribution >= 0.6 is 0 Å². The second-order valence-corrected chi connectivity index (χ2v) is 5.51. The van der Waals surface area contributed by atoms with Crippen molar-refractivity contribution in [2.75, 3.05) is 11.9 Å². The van der Waals surface area contributed by atoms with Gasteiger partial charge in [-0.15, -0.1) is 0 Å². The number of pyridine rings is 1. The fourth-order valence-electron chi connectivity index (χ4n) is 2.71. The van der Waals surface area contributed by atoms with Crippen molar-refractivity contribution < 1.29 is 4.74 Å². The highest BCUT2D eigenvalue weighted by atomic mass is 16.5. The van der Waals surface area contributed by atoms with Crippen LogP contribution in [0.2, 0.25) is 0 Å². The van der Waals surface area contributed by atoms with E-state index in [0.29, 0.717) is 6.61 Å². The summed E-state index contributed by atoms with van der Waals surface area (Å²) in [7, 11) is 0. The Morgan fingerprint density at radius 2 is 2.05 bits per heavy atom. The molecule has 1 heterocycles. The molecule has 0 unspecified atom stereocenters. The molecule has 0 atom stereocenters. The fourth-order valence-corrected chi connectivity index (χ4v) is 2.71. The van der Waals surface area contributed by atoms with Gasteiger partial charge in [0.15, 0.2) is 0 Å². The molecule has 3 nitrogen and oxygen atoms in total. The lowest BCUT2D eigenvalue weighted by atomic mass is 10.1. The molecule has 3 heteroatoms. The van der Waals surface area contributed by atoms with Gasteiger partial charge in [-0.3, -0.25) is 0 Å². The first kappa shape index (κ1) is 13.9. The third-order valence-electron chi connectivity index (χ3n) is 3.82. The molecule has 1 aliphatic rings. The Labute approximate surface area is 126 Å². The fraction of sp³-hybridized carbons (Fsp3) is 0.389. The highest BCUT2D eigenvalue weighted by molar-refractivity contribution is 5.39. The molecule has 1 aromatic heterocycles. The zero-order valence-electron chi connectivity index (χ0n) is 12.6. The maximum atomic E-state index is 5.89. The number of hydrogen-bond acceptors (Lipinski definition) is 3. The first-order chi connectivity index (χ1) is 10.3. The van der Waals surface area contributed by atoms with Gasteiger partial charge in [-0.1, -0.05) is 19.1 Å². The Balaban J connectivity index is 1.62. The molecule has 110 valence electrons. The number of fused-ring (bicyclic) bond motifs is 1. The second kappa shape index (κ2) is 6.61. The van der Waals surface area contributed by atoms with Gasteiger partial charge >= 0.3 is 0 Å². The van der Waals surface area contributed by atoms with Gasteiger partial charge in [-0.25, -0.2) is 4.98 Å². The van der Waals surface area contributed by atoms with Crippen LogP contribution in [0.25, 0.3) is 0 Å². The molecule has 3 rings (SSSR count). The molecule has 0 amide bonds. The van der Waals surface area contributed by atoms with Crippen molar-refractivity contribution in [1.29, 1.82) is 0 Å². The van der Waals surface area contributed by atoms with E-state index in [-0.39, 0.29) is 0 Å². The van der Waals surface area contributed by atoms with Gasteiger partial charge in [-0.05, 0) is 61.1 Å². The van der Waals surface area contributed by atoms with E-state index in [1.54, 1.807) is 0 Å². The number of anilines is 1. The molecule has 0 fully saturated rings. The predicted molar refractivity (Wildman–Crippen MR) is 85.8 cm³/mol. The van der Waals surface area contributed by atoms with Gasteiger partial charge < -0.3 is 10.1 Å². The number of ether oxygens (including phenoxy) is 1. The summed E-state index contributed by atoms with van der Waals surface area (Å²) in [5.41, 5.74) is 3.88. The third-order valence-corrected chi connectivity index (χ3v) is 3.82. The van der Waals surface area contributed by atoms with Gasteiger partial charge in [0.2, 0.25) is 0 Å². The van der Waals surface area contributed by atoms with E-state index in [0.717, 1.165) is 30.2 Å². The van der Waals surface area contributed by atoms with Crippen LogP contribution in [0.4, 0.5) is 5.82 Å². The molecule has 0 bridgehead atoms. The second-order valence-electron chi connectivity index (χ2n) is 5.51. The van der Waals surface area contributed by atoms with Crippen LogP contribution in [0, 0.1) is 0 Å². The Morgan fingerprint density at radius 1 is 1.14 bits per heavy atom. The molecular formula is C18H22N2O. The van der Waals surface area contributed by atoms with Crippen LogP contribution < -0.4 is 10.1 Å². The van der Waals surface area contributed by atoms with Gasteiger partial charge in [-0.2, -0.15) is 0 Å². The van der Waals surface area contributed by atoms with Gasteiger partial charge in [0.05, 0.1) is 5.69 Å². The zero-order valence-corrected chi connectivity index (χ0v) is 12.6. The lowest BCUT2D eigenvalue weighted by molar-refractivity contribution is 0.301. The van der Waals surface area contributed by atoms with Crippen molar-refractivity contribution in [3.8, 4) is 5.75 Å². The summed E-state index contributed by atoms with van der Waals surface area (Å²) >= 11 is 0. The number of benzene rings is 1. The summed E-state index contributed by atoms with van der Waals surface area (Å²) in [5, 5.41) is 3.30. The molecule has 1 aromatic carbocycles. The number of nitrogens with zero attached hydrogens (tertiary/aromatic N) is 1. The monoisotopic (exact) mass is 282 g/mol. The van der Waals surface area contributed by atoms with Crippen molar-refractivity contribution in [2.24, 2.45) is 0 Å². The molecule has 0 spiro atoms. The summed E-state index contributed by atoms with van der Waals surface area (Å²) in [6, 6.07) is 12.5. The van der Waals surface area contributed by atoms with E-state index in [2.05, 4.69) is 35.4 Å². The SMILES string of the molecule is CCCNc1cccc(COc2ccc3c(c2)CCC3)n1. The van der Waals surface area contributed by atoms with E-state index >= 15 is 0 Å². The number of nitrogens with one attached hydrogen (secondary N) is 1. The highest BCUT2D eigenvalue weighted by Crippen LogP contribution is 2.26. The molecule has 0 saturated carbocycles. The zero-order chi connectivity index (χ0) is 14.5. The average molecular weight is 282 g/mol. The molecule has 0 aliphatic heterocycles. The number of rotatable bonds is 6. The standard InChI is InChI=1S/C18H22N2O/c1-2-11-19-18-8-4-7-16(20-18)13-21-17-10-9-14-5-3-6-15(14)12-17/h4,7-10,12H,2-3,5-6,11,13H2,1H3,(H,19,20). The van der Waals surface area contributed by atoms with E-state index < -0.39 is 0 Å². The van der Waals surface area contributed by atoms with Gasteiger partial charge in [0, 0.05) is 6.54 Å². The molecular weight excluding hydrogens is 260 g/mol. The average Bonchev–Trinajstić information content (AvgIpc) is 2.99. The van der Waals surface area contributed by atoms with Gasteiger partial charge in [0.25, 0.3) is 0 Å². The first-order valence-electron chi connectivity index (χ1n) is 7.79. The maximum Gasteiger partial charge on any atom is 0.130 e. The van der Waals surface area contributed by atoms with Crippen LogP contribution in [-0.4, -0.2) is 11.5 Å². The van der Waals surface area contributed by atoms with Crippen LogP contribution in [0.1, 0.15) is 36.6 Å². The smallest absolute Gasteiger partial charge is 0.130 e. The highest BCUT2D eigenvalue weighted by Gasteiger charge is 2.11. The summed E-state index contributed by atoms with van der Waals surface area (Å²) < 4.78 is 5.89. The quantitative estimate of drug-likeness (QED) is 0.870. The van der Waals surface area contributed by atoms with Crippen LogP contribution in [-0.2, 0) is 19.4 Å². The van der Waals surface area contributed by atoms with Crippen molar-refractivity contribution in [1.82, 2.24) is 4.98 Å². The van der Waals surface area contributed by atoms with E-state index in [9.17, 15) is 0 Å². The molecule has 21 heavy (non-hydrogen) atoms. The molecule has 2 aromatic rings. The number of aryl methyl sites for hydroxylation is 2. The normalized spacial score (nSPS) is 13.0. The van der Waals surface area contributed by atoms with Gasteiger partial charge in [0.1, 0.15) is 18.2 Å². The Morgan fingerprint density at radius 3 is 2.95 bits per heavy atom. The van der Waals surface area contributed by atoms with Crippen molar-refractivity contribution in [3.05, 3.63) is 53.2 Å². The third kappa shape index (κ3) is 3.54. The maximum absolute atomic E-state index is 5.89. The van der Waals surface area contributed by atoms with Crippen molar-refractivity contribution in [3.63, 3.8) is 0 Å². The topological polar surface area (TPSA) is 34.1 Å². The summed E-state index contributed by atoms with van der Waals surface area (Å²) in [4.78, 5) is 4.56. The lowest BCUT2D eigenvalue weighted by Crippen LogP contribution is -2.05. The minimum atomic E-state index is 0.514. The van der Waals surface area contributed by atoms with Crippen molar-refractivity contribution in [2.45, 2.75) is 39.2 Å². The number of hydrogen-bond donors (Lipinski definition) is 1. The van der Waals surface area contributed by atoms with Crippen LogP contribution in [0.3, 0.4) is 0 Å².